The molecule has 0 spiro atoms. The van der Waals surface area contributed by atoms with Gasteiger partial charge in [0.2, 0.25) is 0 Å². The highest BCUT2D eigenvalue weighted by Gasteiger charge is 2.14. The predicted octanol–water partition coefficient (Wildman–Crippen LogP) is 3.34. The van der Waals surface area contributed by atoms with Gasteiger partial charge in [0.25, 0.3) is 0 Å². The molecule has 4 heteroatoms. The molecule has 0 heterocycles. The van der Waals surface area contributed by atoms with Gasteiger partial charge in [0.15, 0.2) is 0 Å². The SMILES string of the molecule is Cc1cc(Cl)ccc1C(NN)c1ccc(F)cc1. The summed E-state index contributed by atoms with van der Waals surface area (Å²) in [7, 11) is 0. The third-order valence-corrected chi connectivity index (χ3v) is 3.15. The topological polar surface area (TPSA) is 38.0 Å². The molecule has 18 heavy (non-hydrogen) atoms. The maximum atomic E-state index is 12.9. The standard InChI is InChI=1S/C14H14ClFN2/c1-9-8-11(15)4-7-13(9)14(18-17)10-2-5-12(16)6-3-10/h2-8,14,18H,17H2,1H3. The minimum absolute atomic E-state index is 0.178. The van der Waals surface area contributed by atoms with Crippen LogP contribution in [0.3, 0.4) is 0 Å². The van der Waals surface area contributed by atoms with Crippen molar-refractivity contribution in [3.05, 3.63) is 70.0 Å². The molecule has 1 unspecified atom stereocenters. The van der Waals surface area contributed by atoms with Gasteiger partial charge in [-0.15, -0.1) is 0 Å². The molecular formula is C14H14ClFN2. The van der Waals surface area contributed by atoms with Crippen LogP contribution >= 0.6 is 11.6 Å². The number of hydrazine groups is 1. The fourth-order valence-corrected chi connectivity index (χ4v) is 2.21. The zero-order valence-corrected chi connectivity index (χ0v) is 10.7. The monoisotopic (exact) mass is 264 g/mol. The zero-order valence-electron chi connectivity index (χ0n) is 9.95. The average molecular weight is 265 g/mol. The summed E-state index contributed by atoms with van der Waals surface area (Å²) >= 11 is 5.93. The van der Waals surface area contributed by atoms with E-state index in [2.05, 4.69) is 5.43 Å². The molecule has 94 valence electrons. The Labute approximate surface area is 111 Å². The van der Waals surface area contributed by atoms with Gasteiger partial charge < -0.3 is 0 Å². The Morgan fingerprint density at radius 2 is 1.83 bits per heavy atom. The molecule has 2 aromatic carbocycles. The summed E-state index contributed by atoms with van der Waals surface area (Å²) in [5.74, 6) is 5.34. The third-order valence-electron chi connectivity index (χ3n) is 2.91. The number of rotatable bonds is 3. The molecule has 0 saturated carbocycles. The van der Waals surface area contributed by atoms with E-state index < -0.39 is 0 Å². The summed E-state index contributed by atoms with van der Waals surface area (Å²) in [5.41, 5.74) is 5.71. The number of aryl methyl sites for hydroxylation is 1. The van der Waals surface area contributed by atoms with Crippen molar-refractivity contribution in [1.82, 2.24) is 5.43 Å². The van der Waals surface area contributed by atoms with Crippen molar-refractivity contribution in [3.63, 3.8) is 0 Å². The molecule has 2 rings (SSSR count). The summed E-state index contributed by atoms with van der Waals surface area (Å²) in [5, 5.41) is 0.686. The van der Waals surface area contributed by atoms with E-state index in [1.165, 1.54) is 12.1 Å². The minimum Gasteiger partial charge on any atom is -0.271 e. The average Bonchev–Trinajstić information content (AvgIpc) is 2.35. The highest BCUT2D eigenvalue weighted by molar-refractivity contribution is 6.30. The van der Waals surface area contributed by atoms with Gasteiger partial charge in [-0.05, 0) is 47.9 Å². The molecule has 0 aromatic heterocycles. The Hall–Kier alpha value is -1.42. The lowest BCUT2D eigenvalue weighted by Gasteiger charge is -2.19. The first kappa shape index (κ1) is 13.0. The molecule has 0 aliphatic carbocycles. The number of hydrogen-bond donors (Lipinski definition) is 2. The highest BCUT2D eigenvalue weighted by Crippen LogP contribution is 2.26. The number of benzene rings is 2. The molecule has 0 aliphatic heterocycles. The van der Waals surface area contributed by atoms with Gasteiger partial charge >= 0.3 is 0 Å². The van der Waals surface area contributed by atoms with Crippen molar-refractivity contribution >= 4 is 11.6 Å². The van der Waals surface area contributed by atoms with Crippen LogP contribution in [0.2, 0.25) is 5.02 Å². The fourth-order valence-electron chi connectivity index (χ4n) is 1.98. The van der Waals surface area contributed by atoms with Crippen molar-refractivity contribution in [2.24, 2.45) is 5.84 Å². The Morgan fingerprint density at radius 3 is 2.39 bits per heavy atom. The molecule has 3 N–H and O–H groups in total. The van der Waals surface area contributed by atoms with E-state index in [1.54, 1.807) is 12.1 Å². The van der Waals surface area contributed by atoms with E-state index in [4.69, 9.17) is 17.4 Å². The highest BCUT2D eigenvalue weighted by atomic mass is 35.5. The molecule has 1 atom stereocenters. The normalized spacial score (nSPS) is 12.4. The number of nitrogens with one attached hydrogen (secondary N) is 1. The summed E-state index contributed by atoms with van der Waals surface area (Å²) in [4.78, 5) is 0. The van der Waals surface area contributed by atoms with Gasteiger partial charge in [-0.2, -0.15) is 0 Å². The van der Waals surface area contributed by atoms with E-state index in [9.17, 15) is 4.39 Å². The van der Waals surface area contributed by atoms with Crippen LogP contribution in [-0.2, 0) is 0 Å². The zero-order chi connectivity index (χ0) is 13.1. The molecule has 0 radical (unpaired) electrons. The summed E-state index contributed by atoms with van der Waals surface area (Å²) in [6, 6.07) is 11.7. The predicted molar refractivity (Wildman–Crippen MR) is 71.8 cm³/mol. The number of nitrogens with two attached hydrogens (primary N) is 1. The van der Waals surface area contributed by atoms with Crippen molar-refractivity contribution in [2.45, 2.75) is 13.0 Å². The van der Waals surface area contributed by atoms with Crippen LogP contribution in [0.1, 0.15) is 22.7 Å². The van der Waals surface area contributed by atoms with Crippen LogP contribution in [0.5, 0.6) is 0 Å². The van der Waals surface area contributed by atoms with Gasteiger partial charge in [-0.25, -0.2) is 9.82 Å². The third kappa shape index (κ3) is 2.70. The van der Waals surface area contributed by atoms with E-state index >= 15 is 0 Å². The quantitative estimate of drug-likeness (QED) is 0.659. The van der Waals surface area contributed by atoms with Crippen LogP contribution in [-0.4, -0.2) is 0 Å². The Bertz CT molecular complexity index is 540. The Morgan fingerprint density at radius 1 is 1.17 bits per heavy atom. The van der Waals surface area contributed by atoms with Crippen LogP contribution in [0.4, 0.5) is 4.39 Å². The molecule has 0 aliphatic rings. The lowest BCUT2D eigenvalue weighted by Crippen LogP contribution is -2.29. The number of halogens is 2. The maximum Gasteiger partial charge on any atom is 0.123 e. The van der Waals surface area contributed by atoms with Crippen LogP contribution < -0.4 is 11.3 Å². The molecular weight excluding hydrogens is 251 g/mol. The largest absolute Gasteiger partial charge is 0.271 e. The fraction of sp³-hybridized carbons (Fsp3) is 0.143. The van der Waals surface area contributed by atoms with Crippen molar-refractivity contribution in [2.75, 3.05) is 0 Å². The maximum absolute atomic E-state index is 12.9. The van der Waals surface area contributed by atoms with E-state index in [-0.39, 0.29) is 11.9 Å². The summed E-state index contributed by atoms with van der Waals surface area (Å²) in [6.45, 7) is 1.97. The van der Waals surface area contributed by atoms with Crippen molar-refractivity contribution < 1.29 is 4.39 Å². The van der Waals surface area contributed by atoms with E-state index in [0.717, 1.165) is 16.7 Å². The first-order chi connectivity index (χ1) is 8.61. The summed E-state index contributed by atoms with van der Waals surface area (Å²) in [6.07, 6.45) is 0. The number of hydrogen-bond acceptors (Lipinski definition) is 2. The first-order valence-electron chi connectivity index (χ1n) is 5.59. The molecule has 0 bridgehead atoms. The van der Waals surface area contributed by atoms with E-state index in [1.807, 2.05) is 25.1 Å². The molecule has 2 aromatic rings. The van der Waals surface area contributed by atoms with E-state index in [0.29, 0.717) is 5.02 Å². The van der Waals surface area contributed by atoms with Crippen molar-refractivity contribution in [3.8, 4) is 0 Å². The second-order valence-electron chi connectivity index (χ2n) is 4.15. The smallest absolute Gasteiger partial charge is 0.123 e. The lowest BCUT2D eigenvalue weighted by molar-refractivity contribution is 0.614. The van der Waals surface area contributed by atoms with Crippen LogP contribution in [0.25, 0.3) is 0 Å². The first-order valence-corrected chi connectivity index (χ1v) is 5.97. The molecule has 0 amide bonds. The Kier molecular flexibility index (Phi) is 3.97. The minimum atomic E-state index is -0.262. The van der Waals surface area contributed by atoms with Gasteiger partial charge in [0, 0.05) is 5.02 Å². The second kappa shape index (κ2) is 5.48. The Balaban J connectivity index is 2.41. The van der Waals surface area contributed by atoms with Gasteiger partial charge in [0.05, 0.1) is 6.04 Å². The van der Waals surface area contributed by atoms with Crippen LogP contribution in [0, 0.1) is 12.7 Å². The van der Waals surface area contributed by atoms with Crippen LogP contribution in [0.15, 0.2) is 42.5 Å². The summed E-state index contributed by atoms with van der Waals surface area (Å²) < 4.78 is 12.9. The van der Waals surface area contributed by atoms with Crippen molar-refractivity contribution in [1.29, 1.82) is 0 Å². The second-order valence-corrected chi connectivity index (χ2v) is 4.59. The lowest BCUT2D eigenvalue weighted by atomic mass is 9.95. The molecule has 0 saturated heterocycles. The molecule has 2 nitrogen and oxygen atoms in total. The molecule has 0 fully saturated rings. The van der Waals surface area contributed by atoms with Gasteiger partial charge in [-0.1, -0.05) is 29.8 Å². The van der Waals surface area contributed by atoms with Gasteiger partial charge in [-0.3, -0.25) is 5.84 Å². The van der Waals surface area contributed by atoms with Gasteiger partial charge in [0.1, 0.15) is 5.82 Å².